The predicted octanol–water partition coefficient (Wildman–Crippen LogP) is 3.55. The molecular formula is C21H33N3O2. The molecule has 0 heterocycles. The van der Waals surface area contributed by atoms with E-state index in [4.69, 9.17) is 0 Å². The molecule has 1 saturated carbocycles. The number of rotatable bonds is 9. The van der Waals surface area contributed by atoms with Gasteiger partial charge in [-0.1, -0.05) is 44.2 Å². The highest BCUT2D eigenvalue weighted by Crippen LogP contribution is 2.27. The third-order valence-corrected chi connectivity index (χ3v) is 4.90. The van der Waals surface area contributed by atoms with E-state index in [1.54, 1.807) is 0 Å². The van der Waals surface area contributed by atoms with Crippen LogP contribution in [-0.4, -0.2) is 37.4 Å². The maximum absolute atomic E-state index is 12.1. The van der Waals surface area contributed by atoms with Crippen molar-refractivity contribution in [1.29, 1.82) is 0 Å². The maximum atomic E-state index is 12.1. The van der Waals surface area contributed by atoms with E-state index in [2.05, 4.69) is 10.6 Å². The molecule has 5 nitrogen and oxygen atoms in total. The molecule has 2 N–H and O–H groups in total. The van der Waals surface area contributed by atoms with Gasteiger partial charge >= 0.3 is 0 Å². The van der Waals surface area contributed by atoms with Gasteiger partial charge in [-0.15, -0.1) is 0 Å². The Morgan fingerprint density at radius 2 is 1.88 bits per heavy atom. The molecule has 1 aliphatic carbocycles. The largest absolute Gasteiger partial charge is 0.352 e. The molecule has 1 aromatic carbocycles. The zero-order valence-electron chi connectivity index (χ0n) is 16.2. The van der Waals surface area contributed by atoms with E-state index in [1.807, 2.05) is 43.3 Å². The van der Waals surface area contributed by atoms with Crippen LogP contribution < -0.4 is 10.6 Å². The minimum atomic E-state index is -0.0427. The van der Waals surface area contributed by atoms with Crippen LogP contribution in [0.2, 0.25) is 0 Å². The van der Waals surface area contributed by atoms with Gasteiger partial charge < -0.3 is 15.5 Å². The molecule has 5 heteroatoms. The van der Waals surface area contributed by atoms with Gasteiger partial charge in [-0.3, -0.25) is 9.59 Å². The first-order chi connectivity index (χ1) is 12.5. The number of hydrogen-bond donors (Lipinski definition) is 2. The SMILES string of the molecule is CN(C)CC(=O)Nc1cccc(CNC(=O)CCCC2CCCCC2)c1. The van der Waals surface area contributed by atoms with Crippen molar-refractivity contribution < 1.29 is 9.59 Å². The molecule has 0 atom stereocenters. The van der Waals surface area contributed by atoms with Crippen molar-refractivity contribution in [2.24, 2.45) is 5.92 Å². The van der Waals surface area contributed by atoms with E-state index in [0.29, 0.717) is 19.5 Å². The first kappa shape index (κ1) is 20.4. The summed E-state index contributed by atoms with van der Waals surface area (Å²) in [5, 5.41) is 5.87. The van der Waals surface area contributed by atoms with Gasteiger partial charge in [0.15, 0.2) is 0 Å². The summed E-state index contributed by atoms with van der Waals surface area (Å²) in [6, 6.07) is 7.64. The Bertz CT molecular complexity index is 580. The van der Waals surface area contributed by atoms with E-state index in [0.717, 1.165) is 23.6 Å². The highest BCUT2D eigenvalue weighted by Gasteiger charge is 2.13. The summed E-state index contributed by atoms with van der Waals surface area (Å²) in [6.45, 7) is 0.849. The molecule has 0 spiro atoms. The van der Waals surface area contributed by atoms with E-state index < -0.39 is 0 Å². The fourth-order valence-electron chi connectivity index (χ4n) is 3.56. The average Bonchev–Trinajstić information content (AvgIpc) is 2.60. The van der Waals surface area contributed by atoms with Crippen molar-refractivity contribution in [2.75, 3.05) is 26.0 Å². The predicted molar refractivity (Wildman–Crippen MR) is 106 cm³/mol. The van der Waals surface area contributed by atoms with Gasteiger partial charge in [-0.05, 0) is 50.6 Å². The summed E-state index contributed by atoms with van der Waals surface area (Å²) < 4.78 is 0. The lowest BCUT2D eigenvalue weighted by atomic mass is 9.86. The van der Waals surface area contributed by atoms with Crippen LogP contribution in [0, 0.1) is 5.92 Å². The van der Waals surface area contributed by atoms with E-state index in [1.165, 1.54) is 38.5 Å². The van der Waals surface area contributed by atoms with Gasteiger partial charge in [0.2, 0.25) is 11.8 Å². The van der Waals surface area contributed by atoms with Crippen LogP contribution in [0.25, 0.3) is 0 Å². The van der Waals surface area contributed by atoms with Crippen LogP contribution in [0.3, 0.4) is 0 Å². The van der Waals surface area contributed by atoms with Crippen molar-refractivity contribution in [1.82, 2.24) is 10.2 Å². The minimum absolute atomic E-state index is 0.0427. The van der Waals surface area contributed by atoms with Gasteiger partial charge in [0.1, 0.15) is 0 Å². The molecular weight excluding hydrogens is 326 g/mol. The standard InChI is InChI=1S/C21H33N3O2/c1-24(2)16-21(26)23-19-12-6-11-18(14-19)15-22-20(25)13-7-10-17-8-4-3-5-9-17/h6,11-12,14,17H,3-5,7-10,13,15-16H2,1-2H3,(H,22,25)(H,23,26). The zero-order chi connectivity index (χ0) is 18.8. The van der Waals surface area contributed by atoms with Crippen molar-refractivity contribution >= 4 is 17.5 Å². The minimum Gasteiger partial charge on any atom is -0.352 e. The quantitative estimate of drug-likeness (QED) is 0.709. The molecule has 144 valence electrons. The van der Waals surface area contributed by atoms with Crippen LogP contribution in [0.1, 0.15) is 56.9 Å². The molecule has 0 bridgehead atoms. The smallest absolute Gasteiger partial charge is 0.238 e. The van der Waals surface area contributed by atoms with Gasteiger partial charge in [-0.25, -0.2) is 0 Å². The molecule has 26 heavy (non-hydrogen) atoms. The maximum Gasteiger partial charge on any atom is 0.238 e. The fourth-order valence-corrected chi connectivity index (χ4v) is 3.56. The van der Waals surface area contributed by atoms with E-state index >= 15 is 0 Å². The third kappa shape index (κ3) is 8.00. The molecule has 0 radical (unpaired) electrons. The molecule has 0 saturated heterocycles. The van der Waals surface area contributed by atoms with Crippen LogP contribution >= 0.6 is 0 Å². The summed E-state index contributed by atoms with van der Waals surface area (Å²) in [7, 11) is 3.72. The number of likely N-dealkylation sites (N-methyl/N-ethyl adjacent to an activating group) is 1. The molecule has 2 amide bonds. The van der Waals surface area contributed by atoms with Crippen LogP contribution in [-0.2, 0) is 16.1 Å². The van der Waals surface area contributed by atoms with Crippen LogP contribution in [0.15, 0.2) is 24.3 Å². The number of anilines is 1. The van der Waals surface area contributed by atoms with Gasteiger partial charge in [-0.2, -0.15) is 0 Å². The van der Waals surface area contributed by atoms with Crippen molar-refractivity contribution in [3.05, 3.63) is 29.8 Å². The Morgan fingerprint density at radius 3 is 2.62 bits per heavy atom. The summed E-state index contributed by atoms with van der Waals surface area (Å²) >= 11 is 0. The number of benzene rings is 1. The second kappa shape index (κ2) is 11.0. The summed E-state index contributed by atoms with van der Waals surface area (Å²) in [5.74, 6) is 0.903. The number of carbonyl (C=O) groups excluding carboxylic acids is 2. The van der Waals surface area contributed by atoms with Gasteiger partial charge in [0.25, 0.3) is 0 Å². The first-order valence-corrected chi connectivity index (χ1v) is 9.83. The number of nitrogens with zero attached hydrogens (tertiary/aromatic N) is 1. The Balaban J connectivity index is 1.68. The van der Waals surface area contributed by atoms with Crippen molar-refractivity contribution in [2.45, 2.75) is 57.9 Å². The second-order valence-corrected chi connectivity index (χ2v) is 7.66. The lowest BCUT2D eigenvalue weighted by Gasteiger charge is -2.21. The van der Waals surface area contributed by atoms with Gasteiger partial charge in [0, 0.05) is 18.7 Å². The Kier molecular flexibility index (Phi) is 8.62. The van der Waals surface area contributed by atoms with E-state index in [9.17, 15) is 9.59 Å². The fraction of sp³-hybridized carbons (Fsp3) is 0.619. The van der Waals surface area contributed by atoms with Gasteiger partial charge in [0.05, 0.1) is 6.54 Å². The van der Waals surface area contributed by atoms with E-state index in [-0.39, 0.29) is 11.8 Å². The second-order valence-electron chi connectivity index (χ2n) is 7.66. The van der Waals surface area contributed by atoms with Crippen molar-refractivity contribution in [3.8, 4) is 0 Å². The van der Waals surface area contributed by atoms with Crippen LogP contribution in [0.5, 0.6) is 0 Å². The molecule has 1 aromatic rings. The monoisotopic (exact) mass is 359 g/mol. The Hall–Kier alpha value is -1.88. The Labute approximate surface area is 157 Å². The third-order valence-electron chi connectivity index (χ3n) is 4.90. The number of amides is 2. The van der Waals surface area contributed by atoms with Crippen LogP contribution in [0.4, 0.5) is 5.69 Å². The summed E-state index contributed by atoms with van der Waals surface area (Å²) in [5.41, 5.74) is 1.76. The average molecular weight is 360 g/mol. The highest BCUT2D eigenvalue weighted by molar-refractivity contribution is 5.92. The molecule has 0 unspecified atom stereocenters. The Morgan fingerprint density at radius 1 is 1.12 bits per heavy atom. The molecule has 0 aromatic heterocycles. The summed E-state index contributed by atoms with van der Waals surface area (Å²) in [6.07, 6.45) is 9.55. The number of carbonyl (C=O) groups is 2. The summed E-state index contributed by atoms with van der Waals surface area (Å²) in [4.78, 5) is 25.7. The molecule has 1 fully saturated rings. The van der Waals surface area contributed by atoms with Crippen molar-refractivity contribution in [3.63, 3.8) is 0 Å². The number of nitrogens with one attached hydrogen (secondary N) is 2. The number of hydrogen-bond acceptors (Lipinski definition) is 3. The highest BCUT2D eigenvalue weighted by atomic mass is 16.2. The first-order valence-electron chi connectivity index (χ1n) is 9.83. The molecule has 2 rings (SSSR count). The molecule has 1 aliphatic rings. The zero-order valence-corrected chi connectivity index (χ0v) is 16.2. The lowest BCUT2D eigenvalue weighted by molar-refractivity contribution is -0.121. The normalized spacial score (nSPS) is 15.0. The lowest BCUT2D eigenvalue weighted by Crippen LogP contribution is -2.27. The molecule has 0 aliphatic heterocycles. The topological polar surface area (TPSA) is 61.4 Å².